The molecule has 0 bridgehead atoms. The number of aromatic nitrogens is 2. The third-order valence-corrected chi connectivity index (χ3v) is 3.42. The van der Waals surface area contributed by atoms with Gasteiger partial charge in [0.1, 0.15) is 0 Å². The number of aliphatic hydroxyl groups excluding tert-OH is 1. The first-order chi connectivity index (χ1) is 9.38. The predicted molar refractivity (Wildman–Crippen MR) is 78.8 cm³/mol. The van der Waals surface area contributed by atoms with Gasteiger partial charge < -0.3 is 5.11 Å². The van der Waals surface area contributed by atoms with Crippen LogP contribution >= 0.6 is 0 Å². The zero-order chi connectivity index (χ0) is 14.9. The van der Waals surface area contributed by atoms with Gasteiger partial charge in [0, 0.05) is 6.07 Å². The van der Waals surface area contributed by atoms with E-state index in [4.69, 9.17) is 0 Å². The Kier molecular flexibility index (Phi) is 4.04. The van der Waals surface area contributed by atoms with E-state index in [2.05, 4.69) is 5.10 Å². The minimum absolute atomic E-state index is 0.172. The molecule has 0 aliphatic heterocycles. The maximum absolute atomic E-state index is 11.8. The van der Waals surface area contributed by atoms with Crippen molar-refractivity contribution in [2.24, 2.45) is 0 Å². The predicted octanol–water partition coefficient (Wildman–Crippen LogP) is 2.21. The zero-order valence-corrected chi connectivity index (χ0v) is 12.3. The van der Waals surface area contributed by atoms with Gasteiger partial charge in [0.2, 0.25) is 0 Å². The van der Waals surface area contributed by atoms with E-state index in [0.717, 1.165) is 22.4 Å². The summed E-state index contributed by atoms with van der Waals surface area (Å²) in [6, 6.07) is 7.23. The molecular weight excluding hydrogens is 252 g/mol. The van der Waals surface area contributed by atoms with Crippen molar-refractivity contribution in [2.45, 2.75) is 40.3 Å². The fraction of sp³-hybridized carbons (Fsp3) is 0.375. The molecule has 1 unspecified atom stereocenters. The van der Waals surface area contributed by atoms with Crippen molar-refractivity contribution in [1.29, 1.82) is 0 Å². The summed E-state index contributed by atoms with van der Waals surface area (Å²) in [5.74, 6) is 0. The number of rotatable bonds is 3. The van der Waals surface area contributed by atoms with Crippen LogP contribution in [0.3, 0.4) is 0 Å². The lowest BCUT2D eigenvalue weighted by molar-refractivity contribution is 0.147. The van der Waals surface area contributed by atoms with Gasteiger partial charge in [-0.1, -0.05) is 17.7 Å². The number of aliphatic hydroxyl groups is 1. The topological polar surface area (TPSA) is 55.1 Å². The quantitative estimate of drug-likeness (QED) is 0.932. The lowest BCUT2D eigenvalue weighted by Crippen LogP contribution is -2.26. The van der Waals surface area contributed by atoms with Gasteiger partial charge in [-0.25, -0.2) is 4.68 Å². The molecule has 1 atom stereocenters. The number of hydrogen-bond acceptors (Lipinski definition) is 3. The molecule has 106 valence electrons. The van der Waals surface area contributed by atoms with E-state index in [1.807, 2.05) is 39.8 Å². The van der Waals surface area contributed by atoms with Crippen LogP contribution < -0.4 is 5.56 Å². The maximum atomic E-state index is 11.8. The van der Waals surface area contributed by atoms with Crippen molar-refractivity contribution >= 4 is 0 Å². The maximum Gasteiger partial charge on any atom is 0.266 e. The first-order valence-corrected chi connectivity index (χ1v) is 6.69. The van der Waals surface area contributed by atoms with Crippen molar-refractivity contribution in [3.8, 4) is 0 Å². The van der Waals surface area contributed by atoms with Crippen molar-refractivity contribution in [1.82, 2.24) is 9.78 Å². The summed E-state index contributed by atoms with van der Waals surface area (Å²) in [7, 11) is 0. The Labute approximate surface area is 118 Å². The van der Waals surface area contributed by atoms with Crippen LogP contribution in [0.1, 0.15) is 34.1 Å². The van der Waals surface area contributed by atoms with Gasteiger partial charge in [-0.2, -0.15) is 5.10 Å². The molecule has 2 aromatic rings. The number of hydrogen-bond donors (Lipinski definition) is 1. The Hall–Kier alpha value is -1.94. The van der Waals surface area contributed by atoms with Crippen LogP contribution in [0.5, 0.6) is 0 Å². The Morgan fingerprint density at radius 3 is 2.35 bits per heavy atom. The minimum Gasteiger partial charge on any atom is -0.386 e. The highest BCUT2D eigenvalue weighted by molar-refractivity contribution is 5.38. The largest absolute Gasteiger partial charge is 0.386 e. The Balaban J connectivity index is 2.35. The average Bonchev–Trinajstić information content (AvgIpc) is 2.32. The van der Waals surface area contributed by atoms with Crippen molar-refractivity contribution in [3.63, 3.8) is 0 Å². The summed E-state index contributed by atoms with van der Waals surface area (Å²) in [5.41, 5.74) is 4.69. The van der Waals surface area contributed by atoms with Crippen LogP contribution in [0.15, 0.2) is 29.1 Å². The highest BCUT2D eigenvalue weighted by Crippen LogP contribution is 2.24. The van der Waals surface area contributed by atoms with Gasteiger partial charge in [0.25, 0.3) is 5.56 Å². The van der Waals surface area contributed by atoms with Gasteiger partial charge in [-0.3, -0.25) is 4.79 Å². The fourth-order valence-electron chi connectivity index (χ4n) is 2.65. The van der Waals surface area contributed by atoms with Crippen LogP contribution in [-0.2, 0) is 6.54 Å². The molecule has 0 saturated heterocycles. The Morgan fingerprint density at radius 1 is 1.15 bits per heavy atom. The summed E-state index contributed by atoms with van der Waals surface area (Å²) in [5, 5.41) is 14.6. The lowest BCUT2D eigenvalue weighted by Gasteiger charge is -2.18. The molecule has 1 aromatic carbocycles. The summed E-state index contributed by atoms with van der Waals surface area (Å²) < 4.78 is 1.32. The van der Waals surface area contributed by atoms with Gasteiger partial charge in [-0.05, 0) is 50.5 Å². The molecule has 0 amide bonds. The van der Waals surface area contributed by atoms with E-state index in [1.54, 1.807) is 6.07 Å². The van der Waals surface area contributed by atoms with Crippen LogP contribution in [0, 0.1) is 27.7 Å². The highest BCUT2D eigenvalue weighted by Gasteiger charge is 2.15. The van der Waals surface area contributed by atoms with Crippen molar-refractivity contribution in [2.75, 3.05) is 0 Å². The highest BCUT2D eigenvalue weighted by atomic mass is 16.3. The Morgan fingerprint density at radius 2 is 1.75 bits per heavy atom. The summed E-state index contributed by atoms with van der Waals surface area (Å²) >= 11 is 0. The second-order valence-electron chi connectivity index (χ2n) is 5.32. The molecule has 20 heavy (non-hydrogen) atoms. The second-order valence-corrected chi connectivity index (χ2v) is 5.32. The second kappa shape index (κ2) is 5.59. The lowest BCUT2D eigenvalue weighted by atomic mass is 9.95. The first-order valence-electron chi connectivity index (χ1n) is 6.69. The molecule has 1 heterocycles. The van der Waals surface area contributed by atoms with Crippen molar-refractivity contribution < 1.29 is 5.11 Å². The monoisotopic (exact) mass is 272 g/mol. The molecule has 0 aliphatic rings. The molecular formula is C16H20N2O2. The smallest absolute Gasteiger partial charge is 0.266 e. The standard InChI is InChI=1S/C16H20N2O2/c1-10-7-11(2)16(12(3)8-10)14(19)9-18-15(20)6-5-13(4)17-18/h5-8,14,19H,9H2,1-4H3. The van der Waals surface area contributed by atoms with Gasteiger partial charge in [0.15, 0.2) is 0 Å². The van der Waals surface area contributed by atoms with Crippen LogP contribution in [0.2, 0.25) is 0 Å². The van der Waals surface area contributed by atoms with E-state index in [-0.39, 0.29) is 12.1 Å². The Bertz CT molecular complexity index is 666. The third-order valence-electron chi connectivity index (χ3n) is 3.42. The summed E-state index contributed by atoms with van der Waals surface area (Å²) in [4.78, 5) is 11.8. The third kappa shape index (κ3) is 2.96. The molecule has 0 aliphatic carbocycles. The van der Waals surface area contributed by atoms with E-state index in [0.29, 0.717) is 0 Å². The number of aryl methyl sites for hydroxylation is 4. The van der Waals surface area contributed by atoms with Crippen LogP contribution in [0.25, 0.3) is 0 Å². The molecule has 4 heteroatoms. The van der Waals surface area contributed by atoms with Crippen LogP contribution in [0.4, 0.5) is 0 Å². The average molecular weight is 272 g/mol. The molecule has 0 spiro atoms. The molecule has 1 N–H and O–H groups in total. The molecule has 1 aromatic heterocycles. The summed E-state index contributed by atoms with van der Waals surface area (Å²) in [6.07, 6.45) is -0.734. The van der Waals surface area contributed by atoms with E-state index >= 15 is 0 Å². The van der Waals surface area contributed by atoms with E-state index in [1.165, 1.54) is 16.3 Å². The molecule has 0 saturated carbocycles. The molecule has 2 rings (SSSR count). The molecule has 0 fully saturated rings. The van der Waals surface area contributed by atoms with Crippen LogP contribution in [-0.4, -0.2) is 14.9 Å². The van der Waals surface area contributed by atoms with Gasteiger partial charge in [0.05, 0.1) is 18.3 Å². The number of benzene rings is 1. The summed E-state index contributed by atoms with van der Waals surface area (Å²) in [6.45, 7) is 7.98. The molecule has 4 nitrogen and oxygen atoms in total. The van der Waals surface area contributed by atoms with Gasteiger partial charge >= 0.3 is 0 Å². The van der Waals surface area contributed by atoms with Crippen molar-refractivity contribution in [3.05, 3.63) is 62.6 Å². The van der Waals surface area contributed by atoms with E-state index < -0.39 is 6.10 Å². The fourth-order valence-corrected chi connectivity index (χ4v) is 2.65. The normalized spacial score (nSPS) is 12.4. The number of nitrogens with zero attached hydrogens (tertiary/aromatic N) is 2. The first kappa shape index (κ1) is 14.5. The SMILES string of the molecule is Cc1cc(C)c(C(O)Cn2nc(C)ccc2=O)c(C)c1. The zero-order valence-electron chi connectivity index (χ0n) is 12.3. The van der Waals surface area contributed by atoms with E-state index in [9.17, 15) is 9.90 Å². The van der Waals surface area contributed by atoms with Gasteiger partial charge in [-0.15, -0.1) is 0 Å². The minimum atomic E-state index is -0.734. The molecule has 0 radical (unpaired) electrons.